The van der Waals surface area contributed by atoms with Gasteiger partial charge in [-0.15, -0.1) is 0 Å². The predicted octanol–water partition coefficient (Wildman–Crippen LogP) is 1.37. The number of pyridine rings is 1. The molecule has 1 saturated heterocycles. The largest absolute Gasteiger partial charge is 0.394 e. The number of nitrogens with one attached hydrogen (secondary N) is 1. The van der Waals surface area contributed by atoms with Gasteiger partial charge in [-0.25, -0.2) is 0 Å². The van der Waals surface area contributed by atoms with E-state index in [0.717, 1.165) is 11.8 Å². The van der Waals surface area contributed by atoms with Gasteiger partial charge in [0, 0.05) is 11.9 Å². The van der Waals surface area contributed by atoms with Crippen LogP contribution in [-0.2, 0) is 0 Å². The highest BCUT2D eigenvalue weighted by molar-refractivity contribution is 5.96. The molecule has 1 aromatic carbocycles. The Labute approximate surface area is 122 Å². The highest BCUT2D eigenvalue weighted by Gasteiger charge is 2.34. The minimum Gasteiger partial charge on any atom is -0.394 e. The lowest BCUT2D eigenvalue weighted by Crippen LogP contribution is -2.40. The molecule has 0 saturated carbocycles. The number of fused-ring (bicyclic) bond motifs is 1. The molecule has 1 aliphatic rings. The Morgan fingerprint density at radius 2 is 2.19 bits per heavy atom. The highest BCUT2D eigenvalue weighted by atomic mass is 16.3. The lowest BCUT2D eigenvalue weighted by molar-refractivity contribution is 0.0642. The van der Waals surface area contributed by atoms with Crippen molar-refractivity contribution in [2.45, 2.75) is 19.4 Å². The molecule has 110 valence electrons. The van der Waals surface area contributed by atoms with Crippen molar-refractivity contribution in [2.75, 3.05) is 13.2 Å². The average molecular weight is 286 g/mol. The van der Waals surface area contributed by atoms with Crippen LogP contribution in [0.5, 0.6) is 0 Å². The molecule has 21 heavy (non-hydrogen) atoms. The summed E-state index contributed by atoms with van der Waals surface area (Å²) in [5, 5.41) is 10.8. The summed E-state index contributed by atoms with van der Waals surface area (Å²) >= 11 is 0. The zero-order valence-corrected chi connectivity index (χ0v) is 11.9. The van der Waals surface area contributed by atoms with Gasteiger partial charge in [0.15, 0.2) is 0 Å². The van der Waals surface area contributed by atoms with Crippen LogP contribution in [0.2, 0.25) is 0 Å². The summed E-state index contributed by atoms with van der Waals surface area (Å²) in [5.41, 5.74) is 0.0236. The topological polar surface area (TPSA) is 73.4 Å². The number of hydrogen-bond donors (Lipinski definition) is 2. The second kappa shape index (κ2) is 5.33. The Hall–Kier alpha value is -2.14. The molecular weight excluding hydrogens is 268 g/mol. The van der Waals surface area contributed by atoms with Crippen molar-refractivity contribution in [3.63, 3.8) is 0 Å². The third-order valence-corrected chi connectivity index (χ3v) is 4.31. The molecule has 3 rings (SSSR count). The normalized spacial score (nSPS) is 21.9. The van der Waals surface area contributed by atoms with E-state index in [-0.39, 0.29) is 35.7 Å². The maximum atomic E-state index is 12.6. The molecule has 5 nitrogen and oxygen atoms in total. The Balaban J connectivity index is 2.00. The number of aromatic amines is 1. The van der Waals surface area contributed by atoms with Crippen LogP contribution in [0.25, 0.3) is 10.8 Å². The average Bonchev–Trinajstić information content (AvgIpc) is 2.87. The first kappa shape index (κ1) is 13.8. The van der Waals surface area contributed by atoms with Crippen LogP contribution in [0.1, 0.15) is 23.8 Å². The standard InChI is InChI=1S/C16H18N2O3/c1-10-6-7-18(14(10)9-19)16(21)13-8-11-4-2-3-5-12(11)15(20)17-13/h2-5,8,10,14,19H,6-7,9H2,1H3,(H,17,20). The number of rotatable bonds is 2. The second-order valence-corrected chi connectivity index (χ2v) is 5.61. The molecule has 5 heteroatoms. The minimum absolute atomic E-state index is 0.0509. The lowest BCUT2D eigenvalue weighted by Gasteiger charge is -2.25. The zero-order valence-electron chi connectivity index (χ0n) is 11.9. The quantitative estimate of drug-likeness (QED) is 0.875. The first-order valence-corrected chi connectivity index (χ1v) is 7.15. The first-order chi connectivity index (χ1) is 10.1. The Morgan fingerprint density at radius 3 is 2.95 bits per heavy atom. The van der Waals surface area contributed by atoms with E-state index in [9.17, 15) is 14.7 Å². The maximum absolute atomic E-state index is 12.6. The molecule has 1 amide bonds. The number of aliphatic hydroxyl groups excluding tert-OH is 1. The van der Waals surface area contributed by atoms with E-state index in [1.54, 1.807) is 23.1 Å². The van der Waals surface area contributed by atoms with Gasteiger partial charge in [-0.3, -0.25) is 9.59 Å². The predicted molar refractivity (Wildman–Crippen MR) is 80.3 cm³/mol. The maximum Gasteiger partial charge on any atom is 0.270 e. The number of carbonyl (C=O) groups is 1. The van der Waals surface area contributed by atoms with Crippen molar-refractivity contribution in [2.24, 2.45) is 5.92 Å². The summed E-state index contributed by atoms with van der Waals surface area (Å²) in [4.78, 5) is 29.0. The van der Waals surface area contributed by atoms with Gasteiger partial charge < -0.3 is 15.0 Å². The molecule has 1 fully saturated rings. The van der Waals surface area contributed by atoms with Gasteiger partial charge in [0.25, 0.3) is 11.5 Å². The van der Waals surface area contributed by atoms with Crippen molar-refractivity contribution >= 4 is 16.7 Å². The van der Waals surface area contributed by atoms with Gasteiger partial charge in [0.05, 0.1) is 12.6 Å². The molecule has 2 unspecified atom stereocenters. The van der Waals surface area contributed by atoms with Gasteiger partial charge in [-0.2, -0.15) is 0 Å². The molecule has 0 spiro atoms. The number of benzene rings is 1. The Kier molecular flexibility index (Phi) is 3.51. The number of carbonyl (C=O) groups excluding carboxylic acids is 1. The number of nitrogens with zero attached hydrogens (tertiary/aromatic N) is 1. The van der Waals surface area contributed by atoms with Crippen molar-refractivity contribution in [1.82, 2.24) is 9.88 Å². The van der Waals surface area contributed by atoms with Crippen LogP contribution in [0.3, 0.4) is 0 Å². The monoisotopic (exact) mass is 286 g/mol. The van der Waals surface area contributed by atoms with E-state index in [4.69, 9.17) is 0 Å². The van der Waals surface area contributed by atoms with E-state index in [1.807, 2.05) is 19.1 Å². The molecule has 0 bridgehead atoms. The molecule has 0 aliphatic carbocycles. The second-order valence-electron chi connectivity index (χ2n) is 5.61. The number of aromatic nitrogens is 1. The fraction of sp³-hybridized carbons (Fsp3) is 0.375. The fourth-order valence-corrected chi connectivity index (χ4v) is 3.02. The zero-order chi connectivity index (χ0) is 15.0. The molecule has 2 aromatic rings. The molecular formula is C16H18N2O3. The molecule has 1 aliphatic heterocycles. The smallest absolute Gasteiger partial charge is 0.270 e. The Morgan fingerprint density at radius 1 is 1.43 bits per heavy atom. The number of amides is 1. The number of likely N-dealkylation sites (tertiary alicyclic amines) is 1. The number of H-pyrrole nitrogens is 1. The van der Waals surface area contributed by atoms with Crippen molar-refractivity contribution in [3.05, 3.63) is 46.4 Å². The molecule has 2 atom stereocenters. The third-order valence-electron chi connectivity index (χ3n) is 4.31. The number of hydrogen-bond acceptors (Lipinski definition) is 3. The van der Waals surface area contributed by atoms with Crippen LogP contribution < -0.4 is 5.56 Å². The first-order valence-electron chi connectivity index (χ1n) is 7.15. The van der Waals surface area contributed by atoms with Crippen LogP contribution >= 0.6 is 0 Å². The summed E-state index contributed by atoms with van der Waals surface area (Å²) in [6.45, 7) is 2.59. The molecule has 2 heterocycles. The van der Waals surface area contributed by atoms with Crippen LogP contribution in [-0.4, -0.2) is 40.1 Å². The molecule has 2 N–H and O–H groups in total. The van der Waals surface area contributed by atoms with Crippen molar-refractivity contribution in [1.29, 1.82) is 0 Å². The summed E-state index contributed by atoms with van der Waals surface area (Å²) in [7, 11) is 0. The number of aliphatic hydroxyl groups is 1. The van der Waals surface area contributed by atoms with E-state index in [2.05, 4.69) is 4.98 Å². The van der Waals surface area contributed by atoms with Crippen molar-refractivity contribution < 1.29 is 9.90 Å². The SMILES string of the molecule is CC1CCN(C(=O)c2cc3ccccc3c(=O)[nH]2)C1CO. The highest BCUT2D eigenvalue weighted by Crippen LogP contribution is 2.25. The lowest BCUT2D eigenvalue weighted by atomic mass is 10.0. The van der Waals surface area contributed by atoms with Crippen LogP contribution in [0.15, 0.2) is 35.1 Å². The van der Waals surface area contributed by atoms with Crippen molar-refractivity contribution in [3.8, 4) is 0 Å². The van der Waals surface area contributed by atoms with Crippen LogP contribution in [0.4, 0.5) is 0 Å². The molecule has 0 radical (unpaired) electrons. The van der Waals surface area contributed by atoms with E-state index in [1.165, 1.54) is 0 Å². The summed E-state index contributed by atoms with van der Waals surface area (Å²) in [6, 6.07) is 8.71. The van der Waals surface area contributed by atoms with Crippen LogP contribution in [0, 0.1) is 5.92 Å². The fourth-order valence-electron chi connectivity index (χ4n) is 3.02. The van der Waals surface area contributed by atoms with Gasteiger partial charge in [-0.1, -0.05) is 25.1 Å². The molecule has 1 aromatic heterocycles. The van der Waals surface area contributed by atoms with Gasteiger partial charge >= 0.3 is 0 Å². The van der Waals surface area contributed by atoms with E-state index in [0.29, 0.717) is 11.9 Å². The third kappa shape index (κ3) is 2.34. The Bertz CT molecular complexity index is 738. The summed E-state index contributed by atoms with van der Waals surface area (Å²) < 4.78 is 0. The summed E-state index contributed by atoms with van der Waals surface area (Å²) in [6.07, 6.45) is 0.870. The minimum atomic E-state index is -0.260. The van der Waals surface area contributed by atoms with E-state index < -0.39 is 0 Å². The van der Waals surface area contributed by atoms with Gasteiger partial charge in [0.2, 0.25) is 0 Å². The van der Waals surface area contributed by atoms with E-state index >= 15 is 0 Å². The summed E-state index contributed by atoms with van der Waals surface area (Å²) in [5.74, 6) is 0.0485. The van der Waals surface area contributed by atoms with Gasteiger partial charge in [-0.05, 0) is 29.9 Å². The van der Waals surface area contributed by atoms with Gasteiger partial charge in [0.1, 0.15) is 5.69 Å².